The van der Waals surface area contributed by atoms with Crippen LogP contribution in [0.1, 0.15) is 50.4 Å². The molecule has 2 aliphatic rings. The summed E-state index contributed by atoms with van der Waals surface area (Å²) in [6.45, 7) is 7.41. The Bertz CT molecular complexity index is 1080. The molecule has 2 fully saturated rings. The second-order valence-corrected chi connectivity index (χ2v) is 11.4. The molecule has 0 radical (unpaired) electrons. The average molecular weight is 431 g/mol. The lowest BCUT2D eigenvalue weighted by Crippen LogP contribution is -2.38. The van der Waals surface area contributed by atoms with Gasteiger partial charge < -0.3 is 4.90 Å². The number of hydrogen-bond donors (Lipinski definition) is 1. The number of rotatable bonds is 4. The van der Waals surface area contributed by atoms with E-state index in [1.165, 1.54) is 12.1 Å². The van der Waals surface area contributed by atoms with Crippen molar-refractivity contribution in [1.29, 1.82) is 0 Å². The molecule has 1 saturated heterocycles. The maximum absolute atomic E-state index is 13.5. The van der Waals surface area contributed by atoms with E-state index in [4.69, 9.17) is 0 Å². The molecule has 1 N–H and O–H groups in total. The summed E-state index contributed by atoms with van der Waals surface area (Å²) in [6, 6.07) is 11.4. The molecular weight excluding hydrogens is 403 g/mol. The summed E-state index contributed by atoms with van der Waals surface area (Å²) in [5.74, 6) is -0.667. The Hall–Kier alpha value is -2.41. The number of hydrogen-bond acceptors (Lipinski definition) is 3. The molecule has 160 valence electrons. The van der Waals surface area contributed by atoms with Crippen molar-refractivity contribution in [3.63, 3.8) is 0 Å². The molecule has 1 amide bonds. The predicted octanol–water partition coefficient (Wildman–Crippen LogP) is 4.67. The summed E-state index contributed by atoms with van der Waals surface area (Å²) in [6.07, 6.45) is 2.99. The van der Waals surface area contributed by atoms with Gasteiger partial charge in [-0.15, -0.1) is 0 Å². The Balaban J connectivity index is 1.62. The Labute approximate surface area is 177 Å². The van der Waals surface area contributed by atoms with E-state index in [1.807, 2.05) is 4.90 Å². The van der Waals surface area contributed by atoms with Crippen LogP contribution in [0.3, 0.4) is 0 Å². The minimum atomic E-state index is -3.95. The van der Waals surface area contributed by atoms with Crippen molar-refractivity contribution in [3.05, 3.63) is 59.9 Å². The molecule has 1 saturated carbocycles. The van der Waals surface area contributed by atoms with Crippen LogP contribution in [0.15, 0.2) is 53.4 Å². The molecule has 7 heteroatoms. The van der Waals surface area contributed by atoms with Crippen molar-refractivity contribution in [2.45, 2.75) is 51.0 Å². The highest BCUT2D eigenvalue weighted by molar-refractivity contribution is 7.92. The molecule has 0 unspecified atom stereocenters. The summed E-state index contributed by atoms with van der Waals surface area (Å²) in [5, 5.41) is 0. The number of likely N-dealkylation sites (tertiary alicyclic amines) is 1. The second-order valence-electron chi connectivity index (χ2n) is 9.75. The van der Waals surface area contributed by atoms with Crippen LogP contribution in [0, 0.1) is 16.6 Å². The Kier molecular flexibility index (Phi) is 4.92. The number of carbonyl (C=O) groups excluding carboxylic acids is 1. The third-order valence-corrected chi connectivity index (χ3v) is 7.58. The first-order chi connectivity index (χ1) is 14.0. The normalized spacial score (nSPS) is 25.2. The number of para-hydroxylation sites is 1. The Morgan fingerprint density at radius 3 is 2.43 bits per heavy atom. The molecule has 4 rings (SSSR count). The zero-order valence-corrected chi connectivity index (χ0v) is 18.3. The molecule has 1 aliphatic heterocycles. The predicted molar refractivity (Wildman–Crippen MR) is 114 cm³/mol. The van der Waals surface area contributed by atoms with E-state index < -0.39 is 15.8 Å². The van der Waals surface area contributed by atoms with Crippen LogP contribution in [0.4, 0.5) is 10.1 Å². The molecule has 0 aromatic heterocycles. The molecule has 2 aromatic rings. The fraction of sp³-hybridized carbons (Fsp3) is 0.435. The minimum absolute atomic E-state index is 0.0579. The third kappa shape index (κ3) is 3.95. The van der Waals surface area contributed by atoms with Gasteiger partial charge in [0, 0.05) is 12.6 Å². The topological polar surface area (TPSA) is 66.5 Å². The third-order valence-electron chi connectivity index (χ3n) is 6.20. The van der Waals surface area contributed by atoms with Crippen molar-refractivity contribution >= 4 is 21.6 Å². The number of carbonyl (C=O) groups is 1. The van der Waals surface area contributed by atoms with Crippen LogP contribution in [-0.4, -0.2) is 31.8 Å². The van der Waals surface area contributed by atoms with E-state index in [0.717, 1.165) is 31.4 Å². The van der Waals surface area contributed by atoms with Crippen molar-refractivity contribution in [2.24, 2.45) is 10.8 Å². The number of fused-ring (bicyclic) bond motifs is 2. The first kappa shape index (κ1) is 20.8. The lowest BCUT2D eigenvalue weighted by Gasteiger charge is -2.39. The van der Waals surface area contributed by atoms with Gasteiger partial charge in [-0.3, -0.25) is 9.52 Å². The highest BCUT2D eigenvalue weighted by Gasteiger charge is 2.51. The highest BCUT2D eigenvalue weighted by Crippen LogP contribution is 2.52. The lowest BCUT2D eigenvalue weighted by molar-refractivity contribution is 0.0709. The standard InChI is InChI=1S/C23H27FN2O3S/c1-22(2)12-17-13-23(3,14-22)15-26(17)21(27)19-6-4-5-7-20(19)25-30(28,29)18-10-8-16(24)9-11-18/h4-11,17,25H,12-15H2,1-3H3/t17-,23-/m1/s1. The fourth-order valence-electron chi connectivity index (χ4n) is 5.43. The molecule has 30 heavy (non-hydrogen) atoms. The SMILES string of the molecule is CC1(C)C[C@@H]2C[C@@](C)(CN2C(=O)c2ccccc2NS(=O)(=O)c2ccc(F)cc2)C1. The van der Waals surface area contributed by atoms with E-state index in [1.54, 1.807) is 24.3 Å². The van der Waals surface area contributed by atoms with E-state index in [9.17, 15) is 17.6 Å². The summed E-state index contributed by atoms with van der Waals surface area (Å²) in [4.78, 5) is 15.3. The lowest BCUT2D eigenvalue weighted by atomic mass is 9.65. The first-order valence-corrected chi connectivity index (χ1v) is 11.6. The average Bonchev–Trinajstić information content (AvgIpc) is 2.90. The summed E-state index contributed by atoms with van der Waals surface area (Å²) < 4.78 is 41.2. The van der Waals surface area contributed by atoms with Gasteiger partial charge in [0.1, 0.15) is 5.82 Å². The van der Waals surface area contributed by atoms with Crippen LogP contribution in [0.2, 0.25) is 0 Å². The van der Waals surface area contributed by atoms with Crippen LogP contribution < -0.4 is 4.72 Å². The van der Waals surface area contributed by atoms with Gasteiger partial charge in [-0.2, -0.15) is 0 Å². The van der Waals surface area contributed by atoms with Gasteiger partial charge in [-0.25, -0.2) is 12.8 Å². The quantitative estimate of drug-likeness (QED) is 0.767. The van der Waals surface area contributed by atoms with Crippen LogP contribution in [0.25, 0.3) is 0 Å². The molecular formula is C23H27FN2O3S. The highest BCUT2D eigenvalue weighted by atomic mass is 32.2. The number of benzene rings is 2. The van der Waals surface area contributed by atoms with Crippen molar-refractivity contribution < 1.29 is 17.6 Å². The van der Waals surface area contributed by atoms with Gasteiger partial charge >= 0.3 is 0 Å². The summed E-state index contributed by atoms with van der Waals surface area (Å²) in [7, 11) is -3.95. The number of anilines is 1. The van der Waals surface area contributed by atoms with Gasteiger partial charge in [0.25, 0.3) is 15.9 Å². The maximum atomic E-state index is 13.5. The molecule has 2 bridgehead atoms. The number of nitrogens with one attached hydrogen (secondary N) is 1. The van der Waals surface area contributed by atoms with Crippen molar-refractivity contribution in [3.8, 4) is 0 Å². The van der Waals surface area contributed by atoms with Crippen molar-refractivity contribution in [2.75, 3.05) is 11.3 Å². The summed E-state index contributed by atoms with van der Waals surface area (Å²) in [5.41, 5.74) is 0.830. The molecule has 2 atom stereocenters. The van der Waals surface area contributed by atoms with E-state index in [0.29, 0.717) is 12.1 Å². The van der Waals surface area contributed by atoms with Gasteiger partial charge in [-0.1, -0.05) is 32.9 Å². The Morgan fingerprint density at radius 2 is 1.73 bits per heavy atom. The largest absolute Gasteiger partial charge is 0.335 e. The smallest absolute Gasteiger partial charge is 0.261 e. The second kappa shape index (κ2) is 7.08. The number of sulfonamides is 1. The molecule has 2 aromatic carbocycles. The minimum Gasteiger partial charge on any atom is -0.335 e. The first-order valence-electron chi connectivity index (χ1n) is 10.2. The number of halogens is 1. The van der Waals surface area contributed by atoms with Crippen LogP contribution in [-0.2, 0) is 10.0 Å². The van der Waals surface area contributed by atoms with Crippen LogP contribution in [0.5, 0.6) is 0 Å². The zero-order chi connectivity index (χ0) is 21.7. The van der Waals surface area contributed by atoms with Gasteiger partial charge in [0.15, 0.2) is 0 Å². The van der Waals surface area contributed by atoms with Gasteiger partial charge in [-0.05, 0) is 66.5 Å². The van der Waals surface area contributed by atoms with Crippen molar-refractivity contribution in [1.82, 2.24) is 4.90 Å². The zero-order valence-electron chi connectivity index (χ0n) is 17.5. The molecule has 1 aliphatic carbocycles. The number of amides is 1. The van der Waals surface area contributed by atoms with Gasteiger partial charge in [0.2, 0.25) is 0 Å². The molecule has 0 spiro atoms. The summed E-state index contributed by atoms with van der Waals surface area (Å²) >= 11 is 0. The van der Waals surface area contributed by atoms with E-state index in [2.05, 4.69) is 25.5 Å². The monoisotopic (exact) mass is 430 g/mol. The molecule has 1 heterocycles. The van der Waals surface area contributed by atoms with Gasteiger partial charge in [0.05, 0.1) is 16.1 Å². The Morgan fingerprint density at radius 1 is 1.07 bits per heavy atom. The van der Waals surface area contributed by atoms with Crippen LogP contribution >= 0.6 is 0 Å². The van der Waals surface area contributed by atoms with E-state index >= 15 is 0 Å². The maximum Gasteiger partial charge on any atom is 0.261 e. The molecule has 5 nitrogen and oxygen atoms in total. The number of nitrogens with zero attached hydrogens (tertiary/aromatic N) is 1. The fourth-order valence-corrected chi connectivity index (χ4v) is 6.51. The van der Waals surface area contributed by atoms with E-state index in [-0.39, 0.29) is 33.4 Å².